The topological polar surface area (TPSA) is 68.6 Å². The fourth-order valence-electron chi connectivity index (χ4n) is 4.00. The van der Waals surface area contributed by atoms with Crippen LogP contribution in [-0.2, 0) is 16.1 Å². The molecule has 1 aromatic carbocycles. The molecule has 0 bridgehead atoms. The number of ether oxygens (including phenoxy) is 1. The number of halogens is 1. The summed E-state index contributed by atoms with van der Waals surface area (Å²) in [4.78, 5) is 39.0. The Balaban J connectivity index is 1.50. The van der Waals surface area contributed by atoms with Gasteiger partial charge in [0.15, 0.2) is 6.61 Å². The van der Waals surface area contributed by atoms with Gasteiger partial charge in [-0.2, -0.15) is 0 Å². The Morgan fingerprint density at radius 2 is 1.73 bits per heavy atom. The maximum Gasteiger partial charge on any atom is 0.309 e. The normalized spacial score (nSPS) is 14.6. The smallest absolute Gasteiger partial charge is 0.309 e. The molecule has 1 saturated heterocycles. The zero-order chi connectivity index (χ0) is 21.8. The summed E-state index contributed by atoms with van der Waals surface area (Å²) in [5.74, 6) is -1.51. The fraction of sp³-hybridized carbons (Fsp3) is 0.435. The number of carbonyl (C=O) groups excluding carboxylic acids is 3. The molecule has 1 aliphatic heterocycles. The highest BCUT2D eigenvalue weighted by atomic mass is 19.1. The number of Topliss-reactive ketones (excluding diaryl/α,β-unsaturated/α-hetero) is 1. The van der Waals surface area contributed by atoms with Gasteiger partial charge >= 0.3 is 5.97 Å². The van der Waals surface area contributed by atoms with E-state index in [4.69, 9.17) is 4.74 Å². The third kappa shape index (κ3) is 4.61. The first-order valence-electron chi connectivity index (χ1n) is 10.2. The van der Waals surface area contributed by atoms with Crippen LogP contribution in [0, 0.1) is 25.6 Å². The summed E-state index contributed by atoms with van der Waals surface area (Å²) in [6.07, 6.45) is 0.953. The quantitative estimate of drug-likeness (QED) is 0.536. The summed E-state index contributed by atoms with van der Waals surface area (Å²) < 4.78 is 20.4. The minimum atomic E-state index is -0.401. The van der Waals surface area contributed by atoms with E-state index in [1.54, 1.807) is 4.90 Å². The number of piperidine rings is 1. The molecule has 2 aromatic rings. The van der Waals surface area contributed by atoms with E-state index in [1.165, 1.54) is 24.3 Å². The van der Waals surface area contributed by atoms with Gasteiger partial charge in [-0.05, 0) is 63.9 Å². The van der Waals surface area contributed by atoms with E-state index in [9.17, 15) is 18.8 Å². The molecule has 3 rings (SSSR count). The molecular weight excluding hydrogens is 387 g/mol. The van der Waals surface area contributed by atoms with Crippen molar-refractivity contribution in [3.05, 3.63) is 58.7 Å². The summed E-state index contributed by atoms with van der Waals surface area (Å²) in [5, 5.41) is 0. The van der Waals surface area contributed by atoms with Crippen molar-refractivity contribution in [3.63, 3.8) is 0 Å². The van der Waals surface area contributed by atoms with Crippen LogP contribution < -0.4 is 0 Å². The van der Waals surface area contributed by atoms with Gasteiger partial charge in [0.25, 0.3) is 5.91 Å². The lowest BCUT2D eigenvalue weighted by Crippen LogP contribution is -2.40. The van der Waals surface area contributed by atoms with E-state index < -0.39 is 5.97 Å². The second-order valence-corrected chi connectivity index (χ2v) is 7.63. The molecule has 0 radical (unpaired) electrons. The third-order valence-corrected chi connectivity index (χ3v) is 5.74. The minimum absolute atomic E-state index is 0.178. The molecule has 1 aliphatic rings. The second kappa shape index (κ2) is 9.24. The second-order valence-electron chi connectivity index (χ2n) is 7.63. The lowest BCUT2D eigenvalue weighted by atomic mass is 9.96. The number of ketones is 1. The van der Waals surface area contributed by atoms with Crippen molar-refractivity contribution in [1.82, 2.24) is 9.47 Å². The number of nitrogens with zero attached hydrogens (tertiary/aromatic N) is 2. The molecule has 0 aliphatic carbocycles. The van der Waals surface area contributed by atoms with Crippen molar-refractivity contribution in [2.45, 2.75) is 40.2 Å². The molecule has 1 aromatic heterocycles. The summed E-state index contributed by atoms with van der Waals surface area (Å²) >= 11 is 0. The van der Waals surface area contributed by atoms with Crippen LogP contribution in [-0.4, -0.2) is 46.8 Å². The Hall–Kier alpha value is -2.96. The lowest BCUT2D eigenvalue weighted by molar-refractivity contribution is -0.148. The van der Waals surface area contributed by atoms with Crippen LogP contribution in [0.25, 0.3) is 0 Å². The van der Waals surface area contributed by atoms with Gasteiger partial charge in [0.05, 0.1) is 5.92 Å². The number of hydrogen-bond acceptors (Lipinski definition) is 4. The molecule has 160 valence electrons. The zero-order valence-electron chi connectivity index (χ0n) is 17.6. The molecule has 0 saturated carbocycles. The Morgan fingerprint density at radius 3 is 2.30 bits per heavy atom. The van der Waals surface area contributed by atoms with E-state index in [1.807, 2.05) is 31.4 Å². The molecule has 7 heteroatoms. The largest absolute Gasteiger partial charge is 0.457 e. The molecule has 0 unspecified atom stereocenters. The highest BCUT2D eigenvalue weighted by Gasteiger charge is 2.29. The lowest BCUT2D eigenvalue weighted by Gasteiger charge is -2.31. The standard InChI is InChI=1S/C23H27FN2O4/c1-4-26-15(2)13-20(16(26)3)21(27)14-30-23(29)18-9-11-25(12-10-18)22(28)17-5-7-19(24)8-6-17/h5-8,13,18H,4,9-12,14H2,1-3H3. The van der Waals surface area contributed by atoms with Crippen LogP contribution in [0.15, 0.2) is 30.3 Å². The van der Waals surface area contributed by atoms with Gasteiger partial charge in [-0.1, -0.05) is 0 Å². The predicted molar refractivity (Wildman–Crippen MR) is 110 cm³/mol. The van der Waals surface area contributed by atoms with Crippen molar-refractivity contribution in [2.75, 3.05) is 19.7 Å². The van der Waals surface area contributed by atoms with Crippen LogP contribution in [0.2, 0.25) is 0 Å². The SMILES string of the molecule is CCn1c(C)cc(C(=O)COC(=O)C2CCN(C(=O)c3ccc(F)cc3)CC2)c1C. The number of benzene rings is 1. The molecule has 30 heavy (non-hydrogen) atoms. The Labute approximate surface area is 175 Å². The van der Waals surface area contributed by atoms with Crippen LogP contribution in [0.4, 0.5) is 4.39 Å². The number of aromatic nitrogens is 1. The summed E-state index contributed by atoms with van der Waals surface area (Å²) in [6.45, 7) is 7.19. The Bertz CT molecular complexity index is 941. The average Bonchev–Trinajstić information content (AvgIpc) is 3.05. The summed E-state index contributed by atoms with van der Waals surface area (Å²) in [6, 6.07) is 7.26. The third-order valence-electron chi connectivity index (χ3n) is 5.74. The molecule has 2 heterocycles. The van der Waals surface area contributed by atoms with Gasteiger partial charge in [0.1, 0.15) is 5.82 Å². The number of rotatable bonds is 6. The van der Waals surface area contributed by atoms with E-state index >= 15 is 0 Å². The van der Waals surface area contributed by atoms with Crippen molar-refractivity contribution in [3.8, 4) is 0 Å². The van der Waals surface area contributed by atoms with Gasteiger partial charge in [-0.25, -0.2) is 4.39 Å². The molecule has 6 nitrogen and oxygen atoms in total. The van der Waals surface area contributed by atoms with Crippen LogP contribution in [0.1, 0.15) is 51.9 Å². The number of amides is 1. The highest BCUT2D eigenvalue weighted by molar-refractivity contribution is 5.99. The van der Waals surface area contributed by atoms with E-state index in [0.29, 0.717) is 37.1 Å². The average molecular weight is 414 g/mol. The maximum atomic E-state index is 13.0. The van der Waals surface area contributed by atoms with E-state index in [2.05, 4.69) is 0 Å². The first-order chi connectivity index (χ1) is 14.3. The van der Waals surface area contributed by atoms with E-state index in [-0.39, 0.29) is 30.0 Å². The minimum Gasteiger partial charge on any atom is -0.457 e. The first kappa shape index (κ1) is 21.7. The van der Waals surface area contributed by atoms with Gasteiger partial charge < -0.3 is 14.2 Å². The van der Waals surface area contributed by atoms with Gasteiger partial charge in [-0.3, -0.25) is 14.4 Å². The number of hydrogen-bond donors (Lipinski definition) is 0. The summed E-state index contributed by atoms with van der Waals surface area (Å²) in [5.41, 5.74) is 2.89. The van der Waals surface area contributed by atoms with E-state index in [0.717, 1.165) is 17.9 Å². The van der Waals surface area contributed by atoms with Gasteiger partial charge in [-0.15, -0.1) is 0 Å². The molecule has 1 fully saturated rings. The number of likely N-dealkylation sites (tertiary alicyclic amines) is 1. The maximum absolute atomic E-state index is 13.0. The van der Waals surface area contributed by atoms with Crippen LogP contribution in [0.3, 0.4) is 0 Å². The first-order valence-corrected chi connectivity index (χ1v) is 10.2. The zero-order valence-corrected chi connectivity index (χ0v) is 17.6. The van der Waals surface area contributed by atoms with Crippen molar-refractivity contribution >= 4 is 17.7 Å². The Kier molecular flexibility index (Phi) is 6.70. The molecular formula is C23H27FN2O4. The van der Waals surface area contributed by atoms with Crippen molar-refractivity contribution in [2.24, 2.45) is 5.92 Å². The monoisotopic (exact) mass is 414 g/mol. The van der Waals surface area contributed by atoms with Gasteiger partial charge in [0.2, 0.25) is 5.78 Å². The fourth-order valence-corrected chi connectivity index (χ4v) is 4.00. The van der Waals surface area contributed by atoms with Crippen LogP contribution >= 0.6 is 0 Å². The van der Waals surface area contributed by atoms with Gasteiger partial charge in [0, 0.05) is 42.1 Å². The highest BCUT2D eigenvalue weighted by Crippen LogP contribution is 2.21. The number of aryl methyl sites for hydroxylation is 1. The molecule has 0 atom stereocenters. The molecule has 0 spiro atoms. The Morgan fingerprint density at radius 1 is 1.10 bits per heavy atom. The van der Waals surface area contributed by atoms with Crippen LogP contribution in [0.5, 0.6) is 0 Å². The van der Waals surface area contributed by atoms with Crippen molar-refractivity contribution in [1.29, 1.82) is 0 Å². The van der Waals surface area contributed by atoms with Crippen molar-refractivity contribution < 1.29 is 23.5 Å². The number of esters is 1. The predicted octanol–water partition coefficient (Wildman–Crippen LogP) is 3.54. The molecule has 1 amide bonds. The molecule has 0 N–H and O–H groups in total. The number of carbonyl (C=O) groups is 3. The summed E-state index contributed by atoms with van der Waals surface area (Å²) in [7, 11) is 0.